The number of hydrogen-bond donors (Lipinski definition) is 2. The maximum atomic E-state index is 14.2. The van der Waals surface area contributed by atoms with Crippen LogP contribution in [-0.2, 0) is 29.0 Å². The molecule has 0 saturated carbocycles. The van der Waals surface area contributed by atoms with Crippen molar-refractivity contribution >= 4 is 17.7 Å². The van der Waals surface area contributed by atoms with Crippen LogP contribution in [0.15, 0.2) is 36.4 Å². The number of aromatic nitrogens is 1. The number of pyridine rings is 1. The van der Waals surface area contributed by atoms with Crippen molar-refractivity contribution in [2.75, 3.05) is 19.0 Å². The molecule has 0 radical (unpaired) electrons. The molecule has 7 nitrogen and oxygen atoms in total. The third-order valence-electron chi connectivity index (χ3n) is 5.23. The van der Waals surface area contributed by atoms with Crippen molar-refractivity contribution in [2.24, 2.45) is 5.92 Å². The number of carboxylic acid groups (broad SMARTS) is 1. The first kappa shape index (κ1) is 23.4. The summed E-state index contributed by atoms with van der Waals surface area (Å²) in [6, 6.07) is 10.5. The minimum Gasteiger partial charge on any atom is -0.493 e. The number of ether oxygens (including phenoxy) is 1. The molecule has 1 aliphatic heterocycles. The largest absolute Gasteiger partial charge is 0.493 e. The van der Waals surface area contributed by atoms with E-state index in [1.165, 1.54) is 0 Å². The Hall–Kier alpha value is -3.30. The fourth-order valence-corrected chi connectivity index (χ4v) is 3.63. The minimum atomic E-state index is -3.40. The molecule has 2 heterocycles. The van der Waals surface area contributed by atoms with Gasteiger partial charge >= 0.3 is 5.97 Å². The van der Waals surface area contributed by atoms with Crippen LogP contribution in [-0.4, -0.2) is 53.2 Å². The van der Waals surface area contributed by atoms with Gasteiger partial charge in [0.2, 0.25) is 12.2 Å². The van der Waals surface area contributed by atoms with Gasteiger partial charge in [-0.3, -0.25) is 9.59 Å². The standard InChI is InChI=1S/C22H24F3N3O4/c1-26-18-4-2-3-16(27-18)7-8-32-17-6-5-13-9-14(11-19(29)30)22(31)28(12-15(13)10-17)21(25)20(23)24/h2-6,10,14,20-21H,7-9,11-12H2,1H3,(H,26,27)(H,29,30). The van der Waals surface area contributed by atoms with Crippen molar-refractivity contribution in [3.05, 3.63) is 53.2 Å². The van der Waals surface area contributed by atoms with Crippen molar-refractivity contribution in [3.8, 4) is 5.75 Å². The summed E-state index contributed by atoms with van der Waals surface area (Å²) in [6.45, 7) is -0.0925. The normalized spacial score (nSPS) is 17.0. The van der Waals surface area contributed by atoms with E-state index >= 15 is 0 Å². The van der Waals surface area contributed by atoms with Crippen LogP contribution < -0.4 is 10.1 Å². The molecule has 2 aromatic rings. The highest BCUT2D eigenvalue weighted by Crippen LogP contribution is 2.30. The Morgan fingerprint density at radius 1 is 1.28 bits per heavy atom. The molecule has 1 amide bonds. The third-order valence-corrected chi connectivity index (χ3v) is 5.23. The lowest BCUT2D eigenvalue weighted by Crippen LogP contribution is -2.44. The first-order chi connectivity index (χ1) is 15.3. The minimum absolute atomic E-state index is 0.0218. The smallest absolute Gasteiger partial charge is 0.304 e. The number of nitrogens with one attached hydrogen (secondary N) is 1. The second-order valence-corrected chi connectivity index (χ2v) is 7.47. The molecule has 3 rings (SSSR count). The van der Waals surface area contributed by atoms with E-state index in [1.54, 1.807) is 25.2 Å². The van der Waals surface area contributed by atoms with Crippen LogP contribution in [0.25, 0.3) is 0 Å². The zero-order valence-electron chi connectivity index (χ0n) is 17.4. The SMILES string of the molecule is CNc1cccc(CCOc2ccc3c(c2)CN(C(F)C(F)F)C(=O)C(CC(=O)O)C3)n1. The summed E-state index contributed by atoms with van der Waals surface area (Å²) in [5.74, 6) is -2.15. The molecular formula is C22H24F3N3O4. The van der Waals surface area contributed by atoms with Crippen LogP contribution in [0.4, 0.5) is 19.0 Å². The van der Waals surface area contributed by atoms with Gasteiger partial charge in [0.1, 0.15) is 11.6 Å². The van der Waals surface area contributed by atoms with Gasteiger partial charge in [0, 0.05) is 25.7 Å². The number of halogens is 3. The number of rotatable bonds is 9. The number of benzene rings is 1. The number of aliphatic carboxylic acids is 1. The number of nitrogens with zero attached hydrogens (tertiary/aromatic N) is 2. The van der Waals surface area contributed by atoms with E-state index in [0.717, 1.165) is 11.5 Å². The summed E-state index contributed by atoms with van der Waals surface area (Å²) >= 11 is 0. The summed E-state index contributed by atoms with van der Waals surface area (Å²) in [6.07, 6.45) is -6.24. The zero-order valence-corrected chi connectivity index (χ0v) is 17.4. The summed E-state index contributed by atoms with van der Waals surface area (Å²) in [5, 5.41) is 12.0. The average molecular weight is 451 g/mol. The molecule has 1 aromatic carbocycles. The number of carbonyl (C=O) groups excluding carboxylic acids is 1. The van der Waals surface area contributed by atoms with Gasteiger partial charge in [-0.15, -0.1) is 0 Å². The van der Waals surface area contributed by atoms with Crippen LogP contribution in [0.5, 0.6) is 5.75 Å². The Balaban J connectivity index is 1.76. The van der Waals surface area contributed by atoms with E-state index in [0.29, 0.717) is 34.8 Å². The Morgan fingerprint density at radius 2 is 2.06 bits per heavy atom. The highest BCUT2D eigenvalue weighted by Gasteiger charge is 2.38. The van der Waals surface area contributed by atoms with Gasteiger partial charge in [-0.1, -0.05) is 12.1 Å². The van der Waals surface area contributed by atoms with E-state index < -0.39 is 43.5 Å². The van der Waals surface area contributed by atoms with Gasteiger partial charge < -0.3 is 20.1 Å². The lowest BCUT2D eigenvalue weighted by molar-refractivity contribution is -0.153. The van der Waals surface area contributed by atoms with E-state index in [1.807, 2.05) is 18.2 Å². The number of fused-ring (bicyclic) bond motifs is 1. The van der Waals surface area contributed by atoms with Crippen molar-refractivity contribution in [2.45, 2.75) is 38.5 Å². The first-order valence-electron chi connectivity index (χ1n) is 10.1. The molecule has 2 N–H and O–H groups in total. The van der Waals surface area contributed by atoms with E-state index in [4.69, 9.17) is 9.84 Å². The molecule has 0 fully saturated rings. The van der Waals surface area contributed by atoms with Gasteiger partial charge in [0.25, 0.3) is 6.43 Å². The van der Waals surface area contributed by atoms with Crippen molar-refractivity contribution in [3.63, 3.8) is 0 Å². The predicted molar refractivity (Wildman–Crippen MR) is 110 cm³/mol. The summed E-state index contributed by atoms with van der Waals surface area (Å²) in [7, 11) is 1.77. The van der Waals surface area contributed by atoms with Crippen LogP contribution >= 0.6 is 0 Å². The Morgan fingerprint density at radius 3 is 2.75 bits per heavy atom. The number of amides is 1. The molecule has 2 unspecified atom stereocenters. The van der Waals surface area contributed by atoms with Crippen molar-refractivity contribution in [1.29, 1.82) is 0 Å². The van der Waals surface area contributed by atoms with Gasteiger partial charge in [-0.25, -0.2) is 18.2 Å². The van der Waals surface area contributed by atoms with E-state index in [9.17, 15) is 22.8 Å². The molecule has 2 atom stereocenters. The molecule has 0 saturated heterocycles. The van der Waals surface area contributed by atoms with Crippen LogP contribution in [0, 0.1) is 5.92 Å². The van der Waals surface area contributed by atoms with Crippen LogP contribution in [0.3, 0.4) is 0 Å². The number of carboxylic acids is 1. The first-order valence-corrected chi connectivity index (χ1v) is 10.1. The molecule has 0 spiro atoms. The fourth-order valence-electron chi connectivity index (χ4n) is 3.63. The highest BCUT2D eigenvalue weighted by molar-refractivity contribution is 5.84. The Kier molecular flexibility index (Phi) is 7.55. The molecule has 10 heteroatoms. The van der Waals surface area contributed by atoms with Gasteiger partial charge in [-0.05, 0) is 41.8 Å². The second kappa shape index (κ2) is 10.3. The number of hydrogen-bond acceptors (Lipinski definition) is 5. The molecule has 32 heavy (non-hydrogen) atoms. The van der Waals surface area contributed by atoms with Gasteiger partial charge in [0.15, 0.2) is 0 Å². The monoisotopic (exact) mass is 451 g/mol. The second-order valence-electron chi connectivity index (χ2n) is 7.47. The fraction of sp³-hybridized carbons (Fsp3) is 0.409. The quantitative estimate of drug-likeness (QED) is 0.569. The average Bonchev–Trinajstić information content (AvgIpc) is 2.89. The molecular weight excluding hydrogens is 427 g/mol. The summed E-state index contributed by atoms with van der Waals surface area (Å²) < 4.78 is 46.0. The molecule has 1 aliphatic rings. The predicted octanol–water partition coefficient (Wildman–Crippen LogP) is 3.28. The third kappa shape index (κ3) is 5.68. The summed E-state index contributed by atoms with van der Waals surface area (Å²) in [4.78, 5) is 28.6. The van der Waals surface area contributed by atoms with E-state index in [-0.39, 0.29) is 6.42 Å². The maximum Gasteiger partial charge on any atom is 0.304 e. The topological polar surface area (TPSA) is 91.8 Å². The number of anilines is 1. The lowest BCUT2D eigenvalue weighted by Gasteiger charge is -2.27. The highest BCUT2D eigenvalue weighted by atomic mass is 19.3. The Labute approximate surface area is 183 Å². The molecule has 0 aliphatic carbocycles. The molecule has 0 bridgehead atoms. The maximum absolute atomic E-state index is 14.2. The van der Waals surface area contributed by atoms with Crippen molar-refractivity contribution < 1.29 is 32.6 Å². The number of carbonyl (C=O) groups is 2. The van der Waals surface area contributed by atoms with Crippen LogP contribution in [0.2, 0.25) is 0 Å². The molecule has 172 valence electrons. The lowest BCUT2D eigenvalue weighted by atomic mass is 9.94. The number of alkyl halides is 3. The summed E-state index contributed by atoms with van der Waals surface area (Å²) in [5.41, 5.74) is 1.86. The van der Waals surface area contributed by atoms with Gasteiger partial charge in [-0.2, -0.15) is 0 Å². The van der Waals surface area contributed by atoms with E-state index in [2.05, 4.69) is 10.3 Å². The van der Waals surface area contributed by atoms with Gasteiger partial charge in [0.05, 0.1) is 18.9 Å². The molecule has 1 aromatic heterocycles. The van der Waals surface area contributed by atoms with Crippen molar-refractivity contribution in [1.82, 2.24) is 9.88 Å². The Bertz CT molecular complexity index is 973. The van der Waals surface area contributed by atoms with Crippen LogP contribution in [0.1, 0.15) is 23.2 Å². The zero-order chi connectivity index (χ0) is 23.3.